The lowest BCUT2D eigenvalue weighted by Gasteiger charge is -2.30. The first-order valence-electron chi connectivity index (χ1n) is 31.2. The number of nitrogens with one attached hydrogen (secondary N) is 1. The lowest BCUT2D eigenvalue weighted by atomic mass is 10.0. The van der Waals surface area contributed by atoms with Gasteiger partial charge in [0.05, 0.1) is 33.8 Å². The molecule has 0 bridgehead atoms. The van der Waals surface area contributed by atoms with Gasteiger partial charge in [-0.05, 0) is 96.0 Å². The minimum Gasteiger partial charge on any atom is -0.756 e. The second-order valence-corrected chi connectivity index (χ2v) is 23.3. The van der Waals surface area contributed by atoms with Crippen LogP contribution in [0.4, 0.5) is 0 Å². The van der Waals surface area contributed by atoms with Crippen molar-refractivity contribution in [1.82, 2.24) is 5.32 Å². The summed E-state index contributed by atoms with van der Waals surface area (Å²) in [4.78, 5) is 40.0. The molecule has 9 nitrogen and oxygen atoms in total. The molecule has 3 unspecified atom stereocenters. The fraction of sp³-hybridized carbons (Fsp3) is 0.701. The lowest BCUT2D eigenvalue weighted by Crippen LogP contribution is -2.47. The fourth-order valence-corrected chi connectivity index (χ4v) is 9.21. The second-order valence-electron chi connectivity index (χ2n) is 21.9. The van der Waals surface area contributed by atoms with Crippen molar-refractivity contribution < 1.29 is 37.3 Å². The Morgan fingerprint density at radius 1 is 0.481 bits per heavy atom. The van der Waals surface area contributed by atoms with Crippen molar-refractivity contribution in [3.05, 3.63) is 109 Å². The summed E-state index contributed by atoms with van der Waals surface area (Å²) in [5.74, 6) is -0.577. The van der Waals surface area contributed by atoms with Gasteiger partial charge in [-0.3, -0.25) is 14.2 Å². The molecule has 0 aliphatic heterocycles. The van der Waals surface area contributed by atoms with Gasteiger partial charge in [0.1, 0.15) is 19.3 Å². The first-order valence-corrected chi connectivity index (χ1v) is 32.7. The molecule has 442 valence electrons. The summed E-state index contributed by atoms with van der Waals surface area (Å²) >= 11 is 0. The number of allylic oxidation sites excluding steroid dienone is 17. The molecule has 3 atom stereocenters. The van der Waals surface area contributed by atoms with Crippen LogP contribution in [0.15, 0.2) is 109 Å². The molecule has 0 saturated carbocycles. The van der Waals surface area contributed by atoms with E-state index in [0.29, 0.717) is 23.9 Å². The number of quaternary nitrogens is 1. The first-order chi connectivity index (χ1) is 37.4. The fourth-order valence-electron chi connectivity index (χ4n) is 8.49. The van der Waals surface area contributed by atoms with E-state index in [-0.39, 0.29) is 31.3 Å². The van der Waals surface area contributed by atoms with Gasteiger partial charge in [-0.1, -0.05) is 252 Å². The highest BCUT2D eigenvalue weighted by molar-refractivity contribution is 7.45. The van der Waals surface area contributed by atoms with Gasteiger partial charge in [-0.15, -0.1) is 0 Å². The number of phosphoric acid groups is 1. The number of amides is 1. The van der Waals surface area contributed by atoms with Crippen LogP contribution in [0.1, 0.15) is 252 Å². The Morgan fingerprint density at radius 3 is 1.39 bits per heavy atom. The van der Waals surface area contributed by atoms with E-state index in [2.05, 4.69) is 117 Å². The smallest absolute Gasteiger partial charge is 0.306 e. The highest BCUT2D eigenvalue weighted by Crippen LogP contribution is 2.38. The molecule has 0 aromatic rings. The Bertz CT molecular complexity index is 1690. The van der Waals surface area contributed by atoms with Crippen LogP contribution in [0.2, 0.25) is 0 Å². The van der Waals surface area contributed by atoms with Crippen molar-refractivity contribution in [3.8, 4) is 0 Å². The number of hydrogen-bond acceptors (Lipinski definition) is 7. The molecule has 0 aromatic heterocycles. The quantitative estimate of drug-likeness (QED) is 0.0161. The Hall–Kier alpha value is -3.33. The van der Waals surface area contributed by atoms with Crippen molar-refractivity contribution in [2.24, 2.45) is 0 Å². The Balaban J connectivity index is 5.20. The molecule has 77 heavy (non-hydrogen) atoms. The molecular weight excluding hydrogens is 976 g/mol. The highest BCUT2D eigenvalue weighted by atomic mass is 31.2. The maximum atomic E-state index is 13.5. The standard InChI is InChI=1S/C67H117N2O7P/c1-7-10-13-16-19-22-25-28-29-30-31-32-33-34-35-36-37-38-39-42-45-48-51-54-57-60-67(71)76-65(58-55-52-49-46-43-40-26-23-20-17-14-11-8-2)64(63-75-77(72,73)74-62-61-69(4,5)6)68-66(70)59-56-53-50-47-44-41-27-24-21-18-15-12-9-3/h10,12-13,15,18-19,21-22,24,27-29,31-32,34-35,55,58,64-65H,7-9,11,14,16-17,20,23,25-26,30,33,36-54,56-57,59-63H2,1-6H3,(H-,68,70,72,73)/b13-10-,15-12+,21-18+,22-19-,27-24-,29-28-,32-31-,35-34-,58-55-. The normalized spacial score (nSPS) is 14.4. The zero-order valence-electron chi connectivity index (χ0n) is 50.4. The molecule has 0 aliphatic carbocycles. The number of unbranched alkanes of at least 4 members (excludes halogenated alkanes) is 25. The Morgan fingerprint density at radius 2 is 0.896 bits per heavy atom. The average Bonchev–Trinajstić information content (AvgIpc) is 3.39. The molecule has 0 rings (SSSR count). The third-order valence-corrected chi connectivity index (χ3v) is 14.2. The highest BCUT2D eigenvalue weighted by Gasteiger charge is 2.27. The molecule has 1 N–H and O–H groups in total. The van der Waals surface area contributed by atoms with Crippen molar-refractivity contribution in [2.45, 2.75) is 264 Å². The van der Waals surface area contributed by atoms with E-state index in [1.165, 1.54) is 89.9 Å². The summed E-state index contributed by atoms with van der Waals surface area (Å²) in [6.07, 6.45) is 76.3. The topological polar surface area (TPSA) is 114 Å². The molecule has 1 amide bonds. The van der Waals surface area contributed by atoms with Crippen LogP contribution < -0.4 is 10.2 Å². The lowest BCUT2D eigenvalue weighted by molar-refractivity contribution is -0.870. The van der Waals surface area contributed by atoms with Crippen LogP contribution in [0.5, 0.6) is 0 Å². The predicted octanol–water partition coefficient (Wildman–Crippen LogP) is 18.7. The Labute approximate surface area is 474 Å². The predicted molar refractivity (Wildman–Crippen MR) is 330 cm³/mol. The molecule has 0 saturated heterocycles. The summed E-state index contributed by atoms with van der Waals surface area (Å²) in [5, 5.41) is 3.01. The molecule has 10 heteroatoms. The number of nitrogens with zero attached hydrogens (tertiary/aromatic N) is 1. The number of likely N-dealkylation sites (N-methyl/N-ethyl adjacent to an activating group) is 1. The van der Waals surface area contributed by atoms with Gasteiger partial charge in [-0.2, -0.15) is 0 Å². The van der Waals surface area contributed by atoms with E-state index in [0.717, 1.165) is 116 Å². The molecule has 0 spiro atoms. The van der Waals surface area contributed by atoms with Gasteiger partial charge in [0, 0.05) is 12.8 Å². The number of carbonyl (C=O) groups excluding carboxylic acids is 2. The number of ether oxygens (including phenoxy) is 1. The van der Waals surface area contributed by atoms with Gasteiger partial charge in [0.15, 0.2) is 0 Å². The van der Waals surface area contributed by atoms with Crippen LogP contribution in [-0.2, 0) is 27.9 Å². The van der Waals surface area contributed by atoms with Crippen molar-refractivity contribution in [1.29, 1.82) is 0 Å². The van der Waals surface area contributed by atoms with E-state index in [1.54, 1.807) is 0 Å². The van der Waals surface area contributed by atoms with E-state index >= 15 is 0 Å². The van der Waals surface area contributed by atoms with Crippen LogP contribution in [-0.4, -0.2) is 69.4 Å². The van der Waals surface area contributed by atoms with Gasteiger partial charge in [-0.25, -0.2) is 0 Å². The van der Waals surface area contributed by atoms with Crippen molar-refractivity contribution in [3.63, 3.8) is 0 Å². The molecule has 0 heterocycles. The Kier molecular flexibility index (Phi) is 53.5. The summed E-state index contributed by atoms with van der Waals surface area (Å²) in [6.45, 7) is 6.57. The van der Waals surface area contributed by atoms with E-state index in [4.69, 9.17) is 13.8 Å². The molecule has 0 radical (unpaired) electrons. The van der Waals surface area contributed by atoms with Crippen LogP contribution in [0.25, 0.3) is 0 Å². The SMILES string of the molecule is CC/C=C\C/C=C\C/C=C\C/C=C\C/C=C\CCCCCCCCCCCC(=O)OC(/C=C\CCCCCCCCCCCCC)C(COP(=O)([O-])OCC[N+](C)(C)C)NC(=O)CCCCCCC\C=C/C=C/C=C/CC. The minimum atomic E-state index is -4.71. The average molecular weight is 1090 g/mol. The summed E-state index contributed by atoms with van der Waals surface area (Å²) < 4.78 is 30.3. The third-order valence-electron chi connectivity index (χ3n) is 13.3. The number of phosphoric ester groups is 1. The molecule has 0 aromatic carbocycles. The molecule has 0 fully saturated rings. The second kappa shape index (κ2) is 56.0. The summed E-state index contributed by atoms with van der Waals surface area (Å²) in [6, 6.07) is -0.908. The number of carbonyl (C=O) groups is 2. The van der Waals surface area contributed by atoms with Gasteiger partial charge in [0.25, 0.3) is 7.82 Å². The van der Waals surface area contributed by atoms with Gasteiger partial charge < -0.3 is 28.5 Å². The van der Waals surface area contributed by atoms with Crippen LogP contribution in [0, 0.1) is 0 Å². The number of esters is 1. The van der Waals surface area contributed by atoms with E-state index in [9.17, 15) is 19.0 Å². The van der Waals surface area contributed by atoms with Crippen molar-refractivity contribution >= 4 is 19.7 Å². The molecular formula is C67H117N2O7P. The van der Waals surface area contributed by atoms with E-state index in [1.807, 2.05) is 39.4 Å². The number of hydrogen-bond donors (Lipinski definition) is 1. The monoisotopic (exact) mass is 1090 g/mol. The zero-order chi connectivity index (χ0) is 56.4. The van der Waals surface area contributed by atoms with Gasteiger partial charge >= 0.3 is 5.97 Å². The maximum absolute atomic E-state index is 13.5. The first kappa shape index (κ1) is 73.7. The summed E-state index contributed by atoms with van der Waals surface area (Å²) in [7, 11) is 1.15. The zero-order valence-corrected chi connectivity index (χ0v) is 51.3. The molecule has 0 aliphatic rings. The van der Waals surface area contributed by atoms with Crippen molar-refractivity contribution in [2.75, 3.05) is 40.9 Å². The van der Waals surface area contributed by atoms with Crippen LogP contribution in [0.3, 0.4) is 0 Å². The maximum Gasteiger partial charge on any atom is 0.306 e. The van der Waals surface area contributed by atoms with E-state index < -0.39 is 26.6 Å². The number of rotatable bonds is 55. The third kappa shape index (κ3) is 57.2. The summed E-state index contributed by atoms with van der Waals surface area (Å²) in [5.41, 5.74) is 0. The largest absolute Gasteiger partial charge is 0.756 e. The minimum absolute atomic E-state index is 0.0328. The van der Waals surface area contributed by atoms with Gasteiger partial charge in [0.2, 0.25) is 5.91 Å². The van der Waals surface area contributed by atoms with Crippen LogP contribution >= 0.6 is 7.82 Å².